The molecule has 0 bridgehead atoms. The summed E-state index contributed by atoms with van der Waals surface area (Å²) >= 11 is 1.31. The van der Waals surface area contributed by atoms with Crippen molar-refractivity contribution in [3.05, 3.63) is 51.8 Å². The maximum Gasteiger partial charge on any atom is 0.326 e. The van der Waals surface area contributed by atoms with Crippen LogP contribution in [0.1, 0.15) is 23.6 Å². The summed E-state index contributed by atoms with van der Waals surface area (Å²) in [5.41, 5.74) is 3.92. The molecule has 3 rings (SSSR count). The first-order valence-corrected chi connectivity index (χ1v) is 10.7. The molecule has 3 aromatic rings. The molecule has 164 valence electrons. The Labute approximate surface area is 184 Å². The maximum atomic E-state index is 12.7. The zero-order valence-corrected chi connectivity index (χ0v) is 19.2. The van der Waals surface area contributed by atoms with E-state index >= 15 is 0 Å². The van der Waals surface area contributed by atoms with Crippen molar-refractivity contribution >= 4 is 33.4 Å². The van der Waals surface area contributed by atoms with Gasteiger partial charge in [-0.3, -0.25) is 9.59 Å². The van der Waals surface area contributed by atoms with Crippen LogP contribution in [0.4, 0.5) is 0 Å². The van der Waals surface area contributed by atoms with Gasteiger partial charge >= 0.3 is 5.97 Å². The van der Waals surface area contributed by atoms with Crippen LogP contribution in [-0.4, -0.2) is 37.3 Å². The number of carbonyl (C=O) groups is 2. The molecule has 0 saturated heterocycles. The van der Waals surface area contributed by atoms with Crippen LogP contribution in [0, 0.1) is 13.8 Å². The third-order valence-corrected chi connectivity index (χ3v) is 5.97. The third-order valence-electron chi connectivity index (χ3n) is 4.93. The van der Waals surface area contributed by atoms with Crippen LogP contribution in [-0.2, 0) is 27.3 Å². The van der Waals surface area contributed by atoms with Gasteiger partial charge in [-0.05, 0) is 37.5 Å². The summed E-state index contributed by atoms with van der Waals surface area (Å²) < 4.78 is 18.4. The molecule has 1 amide bonds. The van der Waals surface area contributed by atoms with Crippen molar-refractivity contribution in [3.8, 4) is 11.5 Å². The molecule has 31 heavy (non-hydrogen) atoms. The fourth-order valence-electron chi connectivity index (χ4n) is 3.20. The van der Waals surface area contributed by atoms with Crippen LogP contribution in [0.15, 0.2) is 35.3 Å². The van der Waals surface area contributed by atoms with E-state index in [9.17, 15) is 9.59 Å². The van der Waals surface area contributed by atoms with E-state index in [4.69, 9.17) is 14.2 Å². The van der Waals surface area contributed by atoms with Crippen LogP contribution in [0.5, 0.6) is 11.5 Å². The Balaban J connectivity index is 2.06. The molecule has 0 saturated carbocycles. The smallest absolute Gasteiger partial charge is 0.326 e. The predicted octanol–water partition coefficient (Wildman–Crippen LogP) is 3.57. The van der Waals surface area contributed by atoms with E-state index in [0.717, 1.165) is 15.8 Å². The molecule has 2 aromatic carbocycles. The molecule has 0 atom stereocenters. The third kappa shape index (κ3) is 5.14. The number of hydrogen-bond acceptors (Lipinski definition) is 6. The van der Waals surface area contributed by atoms with E-state index in [1.807, 2.05) is 38.1 Å². The second-order valence-corrected chi connectivity index (χ2v) is 8.06. The van der Waals surface area contributed by atoms with E-state index in [1.165, 1.54) is 16.9 Å². The molecular formula is C23H26N2O5S. The summed E-state index contributed by atoms with van der Waals surface area (Å²) in [6.07, 6.45) is 0.182. The minimum Gasteiger partial charge on any atom is -0.493 e. The highest BCUT2D eigenvalue weighted by Crippen LogP contribution is 2.33. The van der Waals surface area contributed by atoms with Gasteiger partial charge in [0.15, 0.2) is 16.3 Å². The molecule has 1 aromatic heterocycles. The number of benzene rings is 2. The van der Waals surface area contributed by atoms with E-state index in [-0.39, 0.29) is 25.5 Å². The predicted molar refractivity (Wildman–Crippen MR) is 120 cm³/mol. The number of thiazole rings is 1. The van der Waals surface area contributed by atoms with Crippen LogP contribution in [0.25, 0.3) is 10.2 Å². The van der Waals surface area contributed by atoms with E-state index in [2.05, 4.69) is 4.99 Å². The van der Waals surface area contributed by atoms with Crippen molar-refractivity contribution in [1.29, 1.82) is 0 Å². The maximum absolute atomic E-state index is 12.7. The lowest BCUT2D eigenvalue weighted by molar-refractivity contribution is -0.143. The van der Waals surface area contributed by atoms with Gasteiger partial charge in [0.1, 0.15) is 6.54 Å². The van der Waals surface area contributed by atoms with Gasteiger partial charge in [0, 0.05) is 12.1 Å². The molecule has 1 heterocycles. The number of rotatable bonds is 7. The van der Waals surface area contributed by atoms with E-state index in [0.29, 0.717) is 21.8 Å². The Morgan fingerprint density at radius 3 is 2.39 bits per heavy atom. The quantitative estimate of drug-likeness (QED) is 0.523. The number of hydrogen-bond donors (Lipinski definition) is 0. The molecule has 0 radical (unpaired) electrons. The van der Waals surface area contributed by atoms with Crippen molar-refractivity contribution in [1.82, 2.24) is 4.57 Å². The molecule has 0 aliphatic carbocycles. The highest BCUT2D eigenvalue weighted by molar-refractivity contribution is 7.16. The molecule has 0 N–H and O–H groups in total. The van der Waals surface area contributed by atoms with Gasteiger partial charge in [-0.25, -0.2) is 0 Å². The Hall–Kier alpha value is -3.13. The SMILES string of the molecule is CCOC(=O)Cn1c(=NC(=O)Cc2ccc(C)c(C)c2)sc2cc(OC)c(OC)cc21. The average molecular weight is 443 g/mol. The van der Waals surface area contributed by atoms with Gasteiger partial charge < -0.3 is 18.8 Å². The first-order chi connectivity index (χ1) is 14.9. The number of esters is 1. The first-order valence-electron chi connectivity index (χ1n) is 9.91. The summed E-state index contributed by atoms with van der Waals surface area (Å²) in [5, 5.41) is 0. The van der Waals surface area contributed by atoms with Gasteiger partial charge in [0.05, 0.1) is 37.5 Å². The van der Waals surface area contributed by atoms with Gasteiger partial charge in [-0.2, -0.15) is 4.99 Å². The molecular weight excluding hydrogens is 416 g/mol. The fourth-order valence-corrected chi connectivity index (χ4v) is 4.26. The van der Waals surface area contributed by atoms with Crippen molar-refractivity contribution in [2.45, 2.75) is 33.7 Å². The topological polar surface area (TPSA) is 79.1 Å². The molecule has 7 nitrogen and oxygen atoms in total. The first kappa shape index (κ1) is 22.6. The van der Waals surface area contributed by atoms with Gasteiger partial charge in [0.25, 0.3) is 5.91 Å². The Morgan fingerprint density at radius 2 is 1.74 bits per heavy atom. The van der Waals surface area contributed by atoms with Crippen LogP contribution < -0.4 is 14.3 Å². The lowest BCUT2D eigenvalue weighted by atomic mass is 10.0. The molecule has 8 heteroatoms. The van der Waals surface area contributed by atoms with Crippen molar-refractivity contribution < 1.29 is 23.8 Å². The minimum absolute atomic E-state index is 0.0565. The van der Waals surface area contributed by atoms with Crippen molar-refractivity contribution in [2.75, 3.05) is 20.8 Å². The summed E-state index contributed by atoms with van der Waals surface area (Å²) in [6.45, 7) is 6.01. The Bertz CT molecular complexity index is 1190. The fraction of sp³-hybridized carbons (Fsp3) is 0.348. The van der Waals surface area contributed by atoms with Crippen molar-refractivity contribution in [2.24, 2.45) is 4.99 Å². The summed E-state index contributed by atoms with van der Waals surface area (Å²) in [5.74, 6) is 0.400. The Kier molecular flexibility index (Phi) is 7.12. The summed E-state index contributed by atoms with van der Waals surface area (Å²) in [6, 6.07) is 9.51. The monoisotopic (exact) mass is 442 g/mol. The number of fused-ring (bicyclic) bond motifs is 1. The zero-order chi connectivity index (χ0) is 22.5. The van der Waals surface area contributed by atoms with Gasteiger partial charge in [-0.1, -0.05) is 29.5 Å². The number of nitrogens with zero attached hydrogens (tertiary/aromatic N) is 2. The lowest BCUT2D eigenvalue weighted by Gasteiger charge is -2.09. The van der Waals surface area contributed by atoms with E-state index in [1.54, 1.807) is 31.8 Å². The lowest BCUT2D eigenvalue weighted by Crippen LogP contribution is -2.23. The number of aryl methyl sites for hydroxylation is 2. The number of aromatic nitrogens is 1. The highest BCUT2D eigenvalue weighted by Gasteiger charge is 2.16. The number of methoxy groups -OCH3 is 2. The normalized spacial score (nSPS) is 11.6. The summed E-state index contributed by atoms with van der Waals surface area (Å²) in [4.78, 5) is 29.7. The van der Waals surface area contributed by atoms with Gasteiger partial charge in [-0.15, -0.1) is 0 Å². The number of ether oxygens (including phenoxy) is 3. The molecule has 0 aliphatic rings. The minimum atomic E-state index is -0.403. The zero-order valence-electron chi connectivity index (χ0n) is 18.4. The van der Waals surface area contributed by atoms with E-state index < -0.39 is 5.97 Å². The van der Waals surface area contributed by atoms with Crippen LogP contribution in [0.2, 0.25) is 0 Å². The van der Waals surface area contributed by atoms with Crippen LogP contribution >= 0.6 is 11.3 Å². The molecule has 0 fully saturated rings. The van der Waals surface area contributed by atoms with Crippen molar-refractivity contribution in [3.63, 3.8) is 0 Å². The number of amides is 1. The standard InChI is InChI=1S/C23H26N2O5S/c1-6-30-22(27)13-25-17-11-18(28-4)19(29-5)12-20(17)31-23(25)24-21(26)10-16-8-7-14(2)15(3)9-16/h7-9,11-12H,6,10,13H2,1-5H3. The largest absolute Gasteiger partial charge is 0.493 e. The second kappa shape index (κ2) is 9.78. The van der Waals surface area contributed by atoms with Gasteiger partial charge in [0.2, 0.25) is 0 Å². The molecule has 0 aliphatic heterocycles. The summed E-state index contributed by atoms with van der Waals surface area (Å²) in [7, 11) is 3.10. The molecule has 0 spiro atoms. The highest BCUT2D eigenvalue weighted by atomic mass is 32.1. The molecule has 0 unspecified atom stereocenters. The van der Waals surface area contributed by atoms with Crippen LogP contribution in [0.3, 0.4) is 0 Å². The average Bonchev–Trinajstić information content (AvgIpc) is 3.05. The number of carbonyl (C=O) groups excluding carboxylic acids is 2. The Morgan fingerprint density at radius 1 is 1.03 bits per heavy atom. The second-order valence-electron chi connectivity index (χ2n) is 7.05.